The molecule has 1 heterocycles. The van der Waals surface area contributed by atoms with Crippen molar-refractivity contribution in [3.8, 4) is 0 Å². The summed E-state index contributed by atoms with van der Waals surface area (Å²) in [6.07, 6.45) is 1.65. The molecule has 0 amide bonds. The lowest BCUT2D eigenvalue weighted by molar-refractivity contribution is 0.182. The molecule has 0 aliphatic carbocycles. The molecule has 0 fully saturated rings. The molecule has 0 unspecified atom stereocenters. The Hall–Kier alpha value is -0.870. The summed E-state index contributed by atoms with van der Waals surface area (Å²) in [6.45, 7) is 10.7. The molecule has 96 valence electrons. The Bertz CT molecular complexity index is 333. The molecule has 0 atom stereocenters. The first-order valence-corrected chi connectivity index (χ1v) is 6.36. The minimum absolute atomic E-state index is 0.277. The number of aromatic nitrogens is 2. The summed E-state index contributed by atoms with van der Waals surface area (Å²) >= 11 is 5.71. The fourth-order valence-electron chi connectivity index (χ4n) is 1.86. The molecule has 0 saturated carbocycles. The van der Waals surface area contributed by atoms with Crippen molar-refractivity contribution in [1.29, 1.82) is 0 Å². The fourth-order valence-corrected chi connectivity index (χ4v) is 2.01. The van der Waals surface area contributed by atoms with Gasteiger partial charge < -0.3 is 5.32 Å². The maximum Gasteiger partial charge on any atom is 0.224 e. The van der Waals surface area contributed by atoms with Crippen LogP contribution in [-0.2, 0) is 0 Å². The van der Waals surface area contributed by atoms with Crippen molar-refractivity contribution < 1.29 is 0 Å². The molecule has 0 aliphatic rings. The van der Waals surface area contributed by atoms with Crippen molar-refractivity contribution in [3.63, 3.8) is 0 Å². The molecule has 1 aromatic heterocycles. The van der Waals surface area contributed by atoms with E-state index in [1.165, 1.54) is 0 Å². The average Bonchev–Trinajstić information content (AvgIpc) is 2.23. The quantitative estimate of drug-likeness (QED) is 0.795. The molecule has 17 heavy (non-hydrogen) atoms. The third-order valence-electron chi connectivity index (χ3n) is 2.63. The van der Waals surface area contributed by atoms with Crippen LogP contribution in [0.5, 0.6) is 0 Å². The largest absolute Gasteiger partial charge is 0.369 e. The molecule has 0 aromatic carbocycles. The summed E-state index contributed by atoms with van der Waals surface area (Å²) in [5, 5.41) is 3.53. The van der Waals surface area contributed by atoms with Gasteiger partial charge in [-0.2, -0.15) is 0 Å². The van der Waals surface area contributed by atoms with E-state index in [2.05, 4.69) is 47.9 Å². The predicted molar refractivity (Wildman–Crippen MR) is 72.5 cm³/mol. The van der Waals surface area contributed by atoms with E-state index in [1.54, 1.807) is 6.20 Å². The molecule has 0 bridgehead atoms. The van der Waals surface area contributed by atoms with Gasteiger partial charge in [-0.25, -0.2) is 9.97 Å². The topological polar surface area (TPSA) is 41.0 Å². The van der Waals surface area contributed by atoms with Crippen LogP contribution in [0.2, 0.25) is 5.28 Å². The molecule has 4 nitrogen and oxygen atoms in total. The van der Waals surface area contributed by atoms with E-state index in [4.69, 9.17) is 11.6 Å². The Morgan fingerprint density at radius 2 is 1.94 bits per heavy atom. The van der Waals surface area contributed by atoms with Crippen molar-refractivity contribution in [1.82, 2.24) is 14.9 Å². The van der Waals surface area contributed by atoms with Gasteiger partial charge in [-0.3, -0.25) is 4.90 Å². The standard InChI is InChI=1S/C12H21ClN4/c1-9(2)17(10(3)4)8-7-14-11-5-6-15-12(13)16-11/h5-6,9-10H,7-8H2,1-4H3,(H,14,15,16). The van der Waals surface area contributed by atoms with E-state index in [0.29, 0.717) is 12.1 Å². The minimum atomic E-state index is 0.277. The van der Waals surface area contributed by atoms with Crippen molar-refractivity contribution >= 4 is 17.4 Å². The van der Waals surface area contributed by atoms with E-state index >= 15 is 0 Å². The maximum absolute atomic E-state index is 5.71. The van der Waals surface area contributed by atoms with E-state index in [0.717, 1.165) is 18.9 Å². The van der Waals surface area contributed by atoms with Crippen LogP contribution < -0.4 is 5.32 Å². The zero-order chi connectivity index (χ0) is 12.8. The molecular formula is C12H21ClN4. The Balaban J connectivity index is 2.41. The molecule has 1 rings (SSSR count). The highest BCUT2D eigenvalue weighted by Gasteiger charge is 2.12. The molecule has 0 radical (unpaired) electrons. The van der Waals surface area contributed by atoms with E-state index in [-0.39, 0.29) is 5.28 Å². The molecule has 1 N–H and O–H groups in total. The SMILES string of the molecule is CC(C)N(CCNc1ccnc(Cl)n1)C(C)C. The van der Waals surface area contributed by atoms with Crippen LogP contribution in [0, 0.1) is 0 Å². The number of nitrogens with zero attached hydrogens (tertiary/aromatic N) is 3. The predicted octanol–water partition coefficient (Wildman–Crippen LogP) is 2.66. The second-order valence-corrected chi connectivity index (χ2v) is 4.90. The summed E-state index contributed by atoms with van der Waals surface area (Å²) in [5.74, 6) is 0.775. The minimum Gasteiger partial charge on any atom is -0.369 e. The number of hydrogen-bond acceptors (Lipinski definition) is 4. The van der Waals surface area contributed by atoms with Crippen LogP contribution in [0.15, 0.2) is 12.3 Å². The Kier molecular flexibility index (Phi) is 5.65. The second-order valence-electron chi connectivity index (χ2n) is 4.56. The average molecular weight is 257 g/mol. The van der Waals surface area contributed by atoms with Crippen LogP contribution in [0.1, 0.15) is 27.7 Å². The molecule has 1 aromatic rings. The number of anilines is 1. The monoisotopic (exact) mass is 256 g/mol. The van der Waals surface area contributed by atoms with Crippen LogP contribution in [0.3, 0.4) is 0 Å². The summed E-state index contributed by atoms with van der Waals surface area (Å²) in [7, 11) is 0. The highest BCUT2D eigenvalue weighted by atomic mass is 35.5. The van der Waals surface area contributed by atoms with Gasteiger partial charge >= 0.3 is 0 Å². The lowest BCUT2D eigenvalue weighted by Gasteiger charge is -2.30. The third kappa shape index (κ3) is 4.88. The van der Waals surface area contributed by atoms with Gasteiger partial charge in [0.1, 0.15) is 5.82 Å². The zero-order valence-electron chi connectivity index (χ0n) is 10.9. The molecule has 0 spiro atoms. The Morgan fingerprint density at radius 3 is 2.47 bits per heavy atom. The summed E-state index contributed by atoms with van der Waals surface area (Å²) < 4.78 is 0. The highest BCUT2D eigenvalue weighted by molar-refractivity contribution is 6.28. The Morgan fingerprint density at radius 1 is 1.29 bits per heavy atom. The zero-order valence-corrected chi connectivity index (χ0v) is 11.7. The van der Waals surface area contributed by atoms with Crippen LogP contribution in [0.25, 0.3) is 0 Å². The maximum atomic E-state index is 5.71. The normalized spacial score (nSPS) is 11.5. The van der Waals surface area contributed by atoms with E-state index in [1.807, 2.05) is 6.07 Å². The first kappa shape index (κ1) is 14.2. The second kappa shape index (κ2) is 6.77. The van der Waals surface area contributed by atoms with Crippen LogP contribution in [0.4, 0.5) is 5.82 Å². The van der Waals surface area contributed by atoms with Gasteiger partial charge in [0.2, 0.25) is 5.28 Å². The number of hydrogen-bond donors (Lipinski definition) is 1. The number of halogens is 1. The van der Waals surface area contributed by atoms with E-state index < -0.39 is 0 Å². The van der Waals surface area contributed by atoms with Gasteiger partial charge in [0.15, 0.2) is 0 Å². The summed E-state index contributed by atoms with van der Waals surface area (Å²) in [4.78, 5) is 10.4. The molecule has 0 aliphatic heterocycles. The summed E-state index contributed by atoms with van der Waals surface area (Å²) in [6, 6.07) is 2.91. The third-order valence-corrected chi connectivity index (χ3v) is 2.81. The van der Waals surface area contributed by atoms with Crippen molar-refractivity contribution in [2.75, 3.05) is 18.4 Å². The van der Waals surface area contributed by atoms with Gasteiger partial charge in [0, 0.05) is 31.4 Å². The first-order valence-electron chi connectivity index (χ1n) is 5.99. The van der Waals surface area contributed by atoms with E-state index in [9.17, 15) is 0 Å². The molecular weight excluding hydrogens is 236 g/mol. The van der Waals surface area contributed by atoms with Gasteiger partial charge in [0.05, 0.1) is 0 Å². The fraction of sp³-hybridized carbons (Fsp3) is 0.667. The number of rotatable bonds is 6. The Labute approximate surface area is 108 Å². The first-order chi connectivity index (χ1) is 8.00. The molecule has 5 heteroatoms. The van der Waals surface area contributed by atoms with Crippen LogP contribution in [-0.4, -0.2) is 40.0 Å². The highest BCUT2D eigenvalue weighted by Crippen LogP contribution is 2.07. The number of nitrogens with one attached hydrogen (secondary N) is 1. The summed E-state index contributed by atoms with van der Waals surface area (Å²) in [5.41, 5.74) is 0. The molecule has 0 saturated heterocycles. The van der Waals surface area contributed by atoms with Crippen molar-refractivity contribution in [2.45, 2.75) is 39.8 Å². The van der Waals surface area contributed by atoms with Crippen molar-refractivity contribution in [3.05, 3.63) is 17.5 Å². The van der Waals surface area contributed by atoms with Gasteiger partial charge in [-0.1, -0.05) is 0 Å². The van der Waals surface area contributed by atoms with Crippen LogP contribution >= 0.6 is 11.6 Å². The van der Waals surface area contributed by atoms with Gasteiger partial charge in [0.25, 0.3) is 0 Å². The van der Waals surface area contributed by atoms with Gasteiger partial charge in [-0.05, 0) is 45.4 Å². The lowest BCUT2D eigenvalue weighted by Crippen LogP contribution is -2.40. The smallest absolute Gasteiger partial charge is 0.224 e. The van der Waals surface area contributed by atoms with Gasteiger partial charge in [-0.15, -0.1) is 0 Å². The van der Waals surface area contributed by atoms with Crippen molar-refractivity contribution in [2.24, 2.45) is 0 Å². The lowest BCUT2D eigenvalue weighted by atomic mass is 10.2.